The molecule has 2 N–H and O–H groups in total. The van der Waals surface area contributed by atoms with E-state index < -0.39 is 0 Å². The lowest BCUT2D eigenvalue weighted by atomic mass is 10.00. The molecule has 6 rings (SSSR count). The van der Waals surface area contributed by atoms with Gasteiger partial charge in [-0.1, -0.05) is 64.1 Å². The Bertz CT molecular complexity index is 1930. The molecule has 2 aromatic heterocycles. The Balaban J connectivity index is 1.15. The molecule has 0 radical (unpaired) electrons. The molecule has 1 aliphatic heterocycles. The topological polar surface area (TPSA) is 97.3 Å². The van der Waals surface area contributed by atoms with E-state index in [-0.39, 0.29) is 5.91 Å². The van der Waals surface area contributed by atoms with Crippen LogP contribution in [0.2, 0.25) is 0 Å². The Morgan fingerprint density at radius 3 is 2.65 bits per heavy atom. The van der Waals surface area contributed by atoms with Crippen LogP contribution in [0.3, 0.4) is 0 Å². The van der Waals surface area contributed by atoms with Gasteiger partial charge in [0.25, 0.3) is 5.91 Å². The smallest absolute Gasteiger partial charge is 0.251 e. The minimum absolute atomic E-state index is 0.0911. The standard InChI is InChI=1S/C41H50N6O3S/c1-5-7-19-49-20-21-50-36-12-8-30(9-13-36)31-10-15-39-33(22-31)23-32(16-18-46(39)26-29(3)4)40(48)43-34-11-14-37-38(24-34)45-41(44-37)51-27-35-25-42-28-47(35)17-6-2/h8-15,22-25,28-29H,5-7,16-21,26-27H2,1-4H3,(H,43,48)(H,44,45). The molecule has 1 aliphatic rings. The van der Waals surface area contributed by atoms with Crippen molar-refractivity contribution in [1.82, 2.24) is 19.5 Å². The maximum atomic E-state index is 13.8. The minimum Gasteiger partial charge on any atom is -0.491 e. The fourth-order valence-corrected chi connectivity index (χ4v) is 7.16. The fraction of sp³-hybridized carbons (Fsp3) is 0.390. The van der Waals surface area contributed by atoms with Gasteiger partial charge in [-0.05, 0) is 90.4 Å². The number of hydrogen-bond donors (Lipinski definition) is 2. The van der Waals surface area contributed by atoms with Crippen LogP contribution in [0.25, 0.3) is 28.2 Å². The zero-order valence-electron chi connectivity index (χ0n) is 30.3. The first-order chi connectivity index (χ1) is 24.9. The van der Waals surface area contributed by atoms with Crippen molar-refractivity contribution in [2.45, 2.75) is 70.8 Å². The molecule has 0 unspecified atom stereocenters. The van der Waals surface area contributed by atoms with E-state index in [1.807, 2.05) is 42.9 Å². The summed E-state index contributed by atoms with van der Waals surface area (Å²) in [6, 6.07) is 20.6. The zero-order valence-corrected chi connectivity index (χ0v) is 31.1. The van der Waals surface area contributed by atoms with Gasteiger partial charge in [0.2, 0.25) is 0 Å². The van der Waals surface area contributed by atoms with Gasteiger partial charge in [0.15, 0.2) is 5.16 Å². The van der Waals surface area contributed by atoms with Crippen LogP contribution in [0, 0.1) is 5.92 Å². The highest BCUT2D eigenvalue weighted by Crippen LogP contribution is 2.34. The van der Waals surface area contributed by atoms with Crippen molar-refractivity contribution in [2.75, 3.05) is 43.1 Å². The molecule has 0 spiro atoms. The summed E-state index contributed by atoms with van der Waals surface area (Å²) in [4.78, 5) is 28.8. The van der Waals surface area contributed by atoms with E-state index >= 15 is 0 Å². The second kappa shape index (κ2) is 17.6. The fourth-order valence-electron chi connectivity index (χ4n) is 6.29. The lowest BCUT2D eigenvalue weighted by molar-refractivity contribution is -0.112. The van der Waals surface area contributed by atoms with Crippen LogP contribution in [0.15, 0.2) is 83.9 Å². The zero-order chi connectivity index (χ0) is 35.6. The Morgan fingerprint density at radius 2 is 1.84 bits per heavy atom. The third kappa shape index (κ3) is 9.62. The number of thioether (sulfide) groups is 1. The quantitative estimate of drug-likeness (QED) is 0.0735. The molecule has 51 heavy (non-hydrogen) atoms. The molecule has 9 nitrogen and oxygen atoms in total. The third-order valence-electron chi connectivity index (χ3n) is 8.89. The number of amides is 1. The molecule has 268 valence electrons. The summed E-state index contributed by atoms with van der Waals surface area (Å²) in [5.41, 5.74) is 8.81. The van der Waals surface area contributed by atoms with Gasteiger partial charge < -0.3 is 29.2 Å². The van der Waals surface area contributed by atoms with E-state index in [9.17, 15) is 4.79 Å². The van der Waals surface area contributed by atoms with Gasteiger partial charge in [-0.3, -0.25) is 4.79 Å². The van der Waals surface area contributed by atoms with Gasteiger partial charge >= 0.3 is 0 Å². The first-order valence-corrected chi connectivity index (χ1v) is 19.2. The number of H-pyrrole nitrogens is 1. The second-order valence-electron chi connectivity index (χ2n) is 13.5. The van der Waals surface area contributed by atoms with Crippen molar-refractivity contribution in [3.63, 3.8) is 0 Å². The molecule has 10 heteroatoms. The maximum absolute atomic E-state index is 13.8. The number of hydrogen-bond acceptors (Lipinski definition) is 7. The third-order valence-corrected chi connectivity index (χ3v) is 9.80. The molecule has 3 aromatic carbocycles. The predicted molar refractivity (Wildman–Crippen MR) is 210 cm³/mol. The Kier molecular flexibility index (Phi) is 12.5. The van der Waals surface area contributed by atoms with E-state index in [0.717, 1.165) is 107 Å². The summed E-state index contributed by atoms with van der Waals surface area (Å²) in [6.07, 6.45) is 9.79. The van der Waals surface area contributed by atoms with Crippen molar-refractivity contribution in [2.24, 2.45) is 5.92 Å². The van der Waals surface area contributed by atoms with Crippen LogP contribution in [-0.4, -0.2) is 58.3 Å². The number of aryl methyl sites for hydroxylation is 1. The van der Waals surface area contributed by atoms with Crippen molar-refractivity contribution < 1.29 is 14.3 Å². The number of carbonyl (C=O) groups excluding carboxylic acids is 1. The molecule has 0 saturated carbocycles. The van der Waals surface area contributed by atoms with Gasteiger partial charge in [-0.25, -0.2) is 9.97 Å². The number of nitrogens with zero attached hydrogens (tertiary/aromatic N) is 4. The van der Waals surface area contributed by atoms with Crippen LogP contribution in [0.5, 0.6) is 5.75 Å². The second-order valence-corrected chi connectivity index (χ2v) is 14.4. The van der Waals surface area contributed by atoms with E-state index in [1.54, 1.807) is 11.8 Å². The summed E-state index contributed by atoms with van der Waals surface area (Å²) >= 11 is 1.65. The molecule has 0 fully saturated rings. The summed E-state index contributed by atoms with van der Waals surface area (Å²) in [5, 5.41) is 4.01. The molecular weight excluding hydrogens is 657 g/mol. The highest BCUT2D eigenvalue weighted by Gasteiger charge is 2.21. The predicted octanol–water partition coefficient (Wildman–Crippen LogP) is 9.21. The van der Waals surface area contributed by atoms with Crippen LogP contribution in [0.1, 0.15) is 64.6 Å². The summed E-state index contributed by atoms with van der Waals surface area (Å²) in [6.45, 7) is 13.3. The van der Waals surface area contributed by atoms with Crippen molar-refractivity contribution in [1.29, 1.82) is 0 Å². The number of rotatable bonds is 17. The molecule has 0 bridgehead atoms. The summed E-state index contributed by atoms with van der Waals surface area (Å²) in [5.74, 6) is 2.00. The maximum Gasteiger partial charge on any atom is 0.251 e. The van der Waals surface area contributed by atoms with Gasteiger partial charge in [0.05, 0.1) is 24.0 Å². The lowest BCUT2D eigenvalue weighted by Crippen LogP contribution is -2.29. The largest absolute Gasteiger partial charge is 0.491 e. The number of unbranched alkanes of at least 4 members (excludes halogenated alkanes) is 1. The van der Waals surface area contributed by atoms with E-state index in [1.165, 1.54) is 5.69 Å². The Morgan fingerprint density at radius 1 is 1.00 bits per heavy atom. The van der Waals surface area contributed by atoms with Crippen molar-refractivity contribution >= 4 is 46.2 Å². The molecule has 0 saturated heterocycles. The average molecular weight is 707 g/mol. The van der Waals surface area contributed by atoms with Gasteiger partial charge in [-0.15, -0.1) is 0 Å². The van der Waals surface area contributed by atoms with Crippen LogP contribution < -0.4 is 15.0 Å². The van der Waals surface area contributed by atoms with Gasteiger partial charge in [0, 0.05) is 60.8 Å². The van der Waals surface area contributed by atoms with Crippen LogP contribution in [-0.2, 0) is 21.8 Å². The monoisotopic (exact) mass is 706 g/mol. The summed E-state index contributed by atoms with van der Waals surface area (Å²) in [7, 11) is 0. The van der Waals surface area contributed by atoms with Crippen LogP contribution in [0.4, 0.5) is 11.4 Å². The highest BCUT2D eigenvalue weighted by molar-refractivity contribution is 7.98. The molecule has 0 aliphatic carbocycles. The van der Waals surface area contributed by atoms with Crippen molar-refractivity contribution in [3.8, 4) is 16.9 Å². The molecule has 5 aromatic rings. The van der Waals surface area contributed by atoms with Crippen molar-refractivity contribution in [3.05, 3.63) is 90.0 Å². The summed E-state index contributed by atoms with van der Waals surface area (Å²) < 4.78 is 13.7. The molecule has 0 atom stereocenters. The van der Waals surface area contributed by atoms with Gasteiger partial charge in [0.1, 0.15) is 12.4 Å². The Hall–Kier alpha value is -4.54. The number of benzene rings is 3. The number of fused-ring (bicyclic) bond motifs is 2. The number of anilines is 2. The molecular formula is C41H50N6O3S. The first kappa shape index (κ1) is 36.3. The Labute approximate surface area is 305 Å². The minimum atomic E-state index is -0.0911. The number of carbonyl (C=O) groups is 1. The van der Waals surface area contributed by atoms with E-state index in [2.05, 4.69) is 88.9 Å². The van der Waals surface area contributed by atoms with Gasteiger partial charge in [-0.2, -0.15) is 0 Å². The number of ether oxygens (including phenoxy) is 2. The first-order valence-electron chi connectivity index (χ1n) is 18.2. The normalized spacial score (nSPS) is 13.0. The number of aromatic nitrogens is 4. The number of imidazole rings is 2. The molecule has 3 heterocycles. The SMILES string of the molecule is CCCCOCCOc1ccc(-c2ccc3c(c2)C=C(C(=O)Nc2ccc4[nH]c(SCc5cncn5CCC)nc4c2)CCN3CC(C)C)cc1. The number of nitrogens with one attached hydrogen (secondary N) is 2. The lowest BCUT2D eigenvalue weighted by Gasteiger charge is -2.27. The highest BCUT2D eigenvalue weighted by atomic mass is 32.2. The van der Waals surface area contributed by atoms with Crippen LogP contribution >= 0.6 is 11.8 Å². The van der Waals surface area contributed by atoms with E-state index in [0.29, 0.717) is 25.6 Å². The van der Waals surface area contributed by atoms with E-state index in [4.69, 9.17) is 14.5 Å². The molecule has 1 amide bonds. The number of aromatic amines is 1. The average Bonchev–Trinajstić information content (AvgIpc) is 3.71.